The molecule has 2 aromatic rings. The van der Waals surface area contributed by atoms with Crippen molar-refractivity contribution in [1.82, 2.24) is 0 Å². The van der Waals surface area contributed by atoms with Crippen molar-refractivity contribution in [3.63, 3.8) is 0 Å². The van der Waals surface area contributed by atoms with Crippen molar-refractivity contribution in [3.8, 4) is 18.2 Å². The Morgan fingerprint density at radius 2 is 1.54 bits per heavy atom. The van der Waals surface area contributed by atoms with E-state index in [0.29, 0.717) is 11.1 Å². The van der Waals surface area contributed by atoms with Crippen LogP contribution in [0.5, 0.6) is 0 Å². The molecule has 6 heteroatoms. The lowest BCUT2D eigenvalue weighted by molar-refractivity contribution is 0.0883. The zero-order valence-electron chi connectivity index (χ0n) is 15.1. The molecule has 0 radical (unpaired) electrons. The lowest BCUT2D eigenvalue weighted by atomic mass is 9.55. The summed E-state index contributed by atoms with van der Waals surface area (Å²) in [4.78, 5) is 13.5. The van der Waals surface area contributed by atoms with Crippen LogP contribution in [0, 0.1) is 50.2 Å². The summed E-state index contributed by atoms with van der Waals surface area (Å²) in [6.07, 6.45) is -1.04. The molecule has 2 aromatic carbocycles. The van der Waals surface area contributed by atoms with Crippen LogP contribution in [0.1, 0.15) is 28.8 Å². The zero-order valence-corrected chi connectivity index (χ0v) is 15.1. The molecule has 0 spiro atoms. The highest BCUT2D eigenvalue weighted by Crippen LogP contribution is 2.57. The quantitative estimate of drug-likeness (QED) is 0.826. The van der Waals surface area contributed by atoms with Gasteiger partial charge in [-0.15, -0.1) is 0 Å². The number of ketones is 1. The molecule has 1 aliphatic heterocycles. The van der Waals surface area contributed by atoms with Crippen LogP contribution in [0.2, 0.25) is 0 Å². The van der Waals surface area contributed by atoms with E-state index in [1.54, 1.807) is 60.7 Å². The van der Waals surface area contributed by atoms with Crippen LogP contribution < -0.4 is 0 Å². The molecule has 0 aromatic heterocycles. The molecule has 3 atom stereocenters. The van der Waals surface area contributed by atoms with Gasteiger partial charge in [-0.05, 0) is 12.5 Å². The van der Waals surface area contributed by atoms with Crippen LogP contribution in [-0.2, 0) is 4.74 Å². The van der Waals surface area contributed by atoms with Crippen molar-refractivity contribution < 1.29 is 9.53 Å². The first-order chi connectivity index (χ1) is 13.5. The van der Waals surface area contributed by atoms with Crippen LogP contribution in [-0.4, -0.2) is 17.8 Å². The van der Waals surface area contributed by atoms with Crippen LogP contribution in [0.3, 0.4) is 0 Å². The average Bonchev–Trinajstić information content (AvgIpc) is 2.96. The lowest BCUT2D eigenvalue weighted by Crippen LogP contribution is -2.49. The Morgan fingerprint density at radius 1 is 1.00 bits per heavy atom. The van der Waals surface area contributed by atoms with Gasteiger partial charge < -0.3 is 4.74 Å². The number of rotatable bonds is 4. The molecule has 136 valence electrons. The second-order valence-electron chi connectivity index (χ2n) is 6.61. The lowest BCUT2D eigenvalue weighted by Gasteiger charge is -2.35. The van der Waals surface area contributed by atoms with Gasteiger partial charge in [0.15, 0.2) is 11.2 Å². The SMILES string of the molecule is CC1OC(=N)C(C#N)(C(C(=O)c2ccccc2)c2ccccc2)C1(C#N)C#N. The van der Waals surface area contributed by atoms with Gasteiger partial charge in [0, 0.05) is 5.56 Å². The van der Waals surface area contributed by atoms with Crippen molar-refractivity contribution in [2.24, 2.45) is 10.8 Å². The molecule has 6 nitrogen and oxygen atoms in total. The molecule has 1 N–H and O–H groups in total. The largest absolute Gasteiger partial charge is 0.474 e. The number of hydrogen-bond acceptors (Lipinski definition) is 6. The fraction of sp³-hybridized carbons (Fsp3) is 0.227. The molecule has 0 amide bonds. The number of carbonyl (C=O) groups excluding carboxylic acids is 1. The summed E-state index contributed by atoms with van der Waals surface area (Å²) in [6, 6.07) is 22.6. The van der Waals surface area contributed by atoms with Gasteiger partial charge in [-0.25, -0.2) is 0 Å². The standard InChI is InChI=1S/C22H16N4O2/c1-15-21(12-23,13-24)22(14-25,20(26)28-15)18(16-8-4-2-5-9-16)19(27)17-10-6-3-7-11-17/h2-11,15,18,26H,1H3. The van der Waals surface area contributed by atoms with Gasteiger partial charge in [-0.3, -0.25) is 10.2 Å². The summed E-state index contributed by atoms with van der Waals surface area (Å²) >= 11 is 0. The minimum atomic E-state index is -2.08. The number of nitrogens with one attached hydrogen (secondary N) is 1. The minimum absolute atomic E-state index is 0.322. The highest BCUT2D eigenvalue weighted by atomic mass is 16.5. The summed E-state index contributed by atoms with van der Waals surface area (Å²) in [5, 5.41) is 38.4. The monoisotopic (exact) mass is 368 g/mol. The van der Waals surface area contributed by atoms with E-state index in [4.69, 9.17) is 10.1 Å². The Morgan fingerprint density at radius 3 is 2.04 bits per heavy atom. The summed E-state index contributed by atoms with van der Waals surface area (Å²) in [7, 11) is 0. The normalized spacial score (nSPS) is 23.5. The number of carbonyl (C=O) groups is 1. The number of nitrogens with zero attached hydrogens (tertiary/aromatic N) is 3. The van der Waals surface area contributed by atoms with Gasteiger partial charge >= 0.3 is 0 Å². The van der Waals surface area contributed by atoms with E-state index in [-0.39, 0.29) is 0 Å². The first-order valence-corrected chi connectivity index (χ1v) is 8.62. The predicted molar refractivity (Wildman–Crippen MR) is 99.9 cm³/mol. The van der Waals surface area contributed by atoms with Gasteiger partial charge in [0.1, 0.15) is 6.10 Å². The van der Waals surface area contributed by atoms with Crippen molar-refractivity contribution in [3.05, 3.63) is 71.8 Å². The van der Waals surface area contributed by atoms with E-state index in [1.807, 2.05) is 18.2 Å². The summed E-state index contributed by atoms with van der Waals surface area (Å²) < 4.78 is 5.42. The zero-order chi connectivity index (χ0) is 20.4. The van der Waals surface area contributed by atoms with E-state index in [2.05, 4.69) is 0 Å². The van der Waals surface area contributed by atoms with Crippen molar-refractivity contribution in [1.29, 1.82) is 21.2 Å². The maximum atomic E-state index is 13.5. The maximum absolute atomic E-state index is 13.5. The number of benzene rings is 2. The summed E-state index contributed by atoms with van der Waals surface area (Å²) in [6.45, 7) is 1.47. The first-order valence-electron chi connectivity index (χ1n) is 8.62. The van der Waals surface area contributed by atoms with Gasteiger partial charge in [0.2, 0.25) is 11.3 Å². The third kappa shape index (κ3) is 2.38. The van der Waals surface area contributed by atoms with Crippen molar-refractivity contribution >= 4 is 11.7 Å². The van der Waals surface area contributed by atoms with E-state index in [0.717, 1.165) is 0 Å². The second-order valence-corrected chi connectivity index (χ2v) is 6.61. The molecule has 28 heavy (non-hydrogen) atoms. The fourth-order valence-corrected chi connectivity index (χ4v) is 3.82. The number of nitriles is 3. The van der Waals surface area contributed by atoms with Crippen LogP contribution in [0.25, 0.3) is 0 Å². The van der Waals surface area contributed by atoms with E-state index < -0.39 is 34.5 Å². The first kappa shape index (κ1) is 18.8. The van der Waals surface area contributed by atoms with Crippen LogP contribution in [0.15, 0.2) is 60.7 Å². The second kappa shape index (κ2) is 6.99. The summed E-state index contributed by atoms with van der Waals surface area (Å²) in [5.41, 5.74) is -3.33. The summed E-state index contributed by atoms with van der Waals surface area (Å²) in [5.74, 6) is -2.24. The van der Waals surface area contributed by atoms with Crippen molar-refractivity contribution in [2.45, 2.75) is 18.9 Å². The van der Waals surface area contributed by atoms with Gasteiger partial charge in [-0.2, -0.15) is 15.8 Å². The van der Waals surface area contributed by atoms with Crippen LogP contribution in [0.4, 0.5) is 0 Å². The van der Waals surface area contributed by atoms with E-state index in [9.17, 15) is 20.6 Å². The molecule has 1 saturated heterocycles. The van der Waals surface area contributed by atoms with Crippen molar-refractivity contribution in [2.75, 3.05) is 0 Å². The molecule has 1 heterocycles. The van der Waals surface area contributed by atoms with E-state index in [1.165, 1.54) is 6.92 Å². The molecule has 1 fully saturated rings. The third-order valence-electron chi connectivity index (χ3n) is 5.30. The molecule has 0 bridgehead atoms. The fourth-order valence-electron chi connectivity index (χ4n) is 3.82. The Bertz CT molecular complexity index is 1030. The van der Waals surface area contributed by atoms with Gasteiger partial charge in [0.25, 0.3) is 0 Å². The molecule has 3 rings (SSSR count). The van der Waals surface area contributed by atoms with Gasteiger partial charge in [-0.1, -0.05) is 60.7 Å². The van der Waals surface area contributed by atoms with Crippen LogP contribution >= 0.6 is 0 Å². The molecular weight excluding hydrogens is 352 g/mol. The smallest absolute Gasteiger partial charge is 0.208 e. The number of hydrogen-bond donors (Lipinski definition) is 1. The highest BCUT2D eigenvalue weighted by Gasteiger charge is 2.72. The third-order valence-corrected chi connectivity index (χ3v) is 5.30. The highest BCUT2D eigenvalue weighted by molar-refractivity contribution is 6.07. The Balaban J connectivity index is 2.35. The maximum Gasteiger partial charge on any atom is 0.208 e. The van der Waals surface area contributed by atoms with E-state index >= 15 is 0 Å². The molecule has 3 unspecified atom stereocenters. The molecule has 1 aliphatic rings. The predicted octanol–water partition coefficient (Wildman–Crippen LogP) is 3.59. The number of ether oxygens (including phenoxy) is 1. The molecular formula is C22H16N4O2. The molecule has 0 saturated carbocycles. The Kier molecular flexibility index (Phi) is 4.70. The Hall–Kier alpha value is -3.95. The molecule has 0 aliphatic carbocycles. The number of Topliss-reactive ketones (excluding diaryl/α,β-unsaturated/α-hetero) is 1. The Labute approximate surface area is 162 Å². The average molecular weight is 368 g/mol. The topological polar surface area (TPSA) is 122 Å². The van der Waals surface area contributed by atoms with Gasteiger partial charge in [0.05, 0.1) is 24.1 Å². The minimum Gasteiger partial charge on any atom is -0.474 e.